The third-order valence-corrected chi connectivity index (χ3v) is 2.27. The molecular weight excluding hydrogens is 192 g/mol. The van der Waals surface area contributed by atoms with E-state index in [-0.39, 0.29) is 11.8 Å². The van der Waals surface area contributed by atoms with Gasteiger partial charge in [-0.25, -0.2) is 0 Å². The number of anilines is 1. The number of hydrogen-bond acceptors (Lipinski definition) is 3. The monoisotopic (exact) mass is 202 g/mol. The van der Waals surface area contributed by atoms with Crippen molar-refractivity contribution >= 4 is 23.3 Å². The summed E-state index contributed by atoms with van der Waals surface area (Å²) in [5.41, 5.74) is -0.597. The van der Waals surface area contributed by atoms with Gasteiger partial charge in [0, 0.05) is 5.88 Å². The van der Waals surface area contributed by atoms with Crippen LogP contribution >= 0.6 is 11.6 Å². The summed E-state index contributed by atoms with van der Waals surface area (Å²) in [6.07, 6.45) is 1.43. The predicted molar refractivity (Wildman–Crippen MR) is 49.5 cm³/mol. The first-order valence-corrected chi connectivity index (χ1v) is 4.33. The van der Waals surface area contributed by atoms with Crippen molar-refractivity contribution in [2.75, 3.05) is 11.2 Å². The van der Waals surface area contributed by atoms with Crippen molar-refractivity contribution in [1.82, 2.24) is 15.4 Å². The Kier molecular flexibility index (Phi) is 2.87. The summed E-state index contributed by atoms with van der Waals surface area (Å²) in [5.74, 6) is 0.496. The third kappa shape index (κ3) is 2.42. The molecule has 1 aromatic heterocycles. The molecule has 0 aliphatic rings. The molecule has 13 heavy (non-hydrogen) atoms. The van der Waals surface area contributed by atoms with Gasteiger partial charge in [0.1, 0.15) is 0 Å². The fourth-order valence-electron chi connectivity index (χ4n) is 0.608. The van der Waals surface area contributed by atoms with Gasteiger partial charge in [-0.05, 0) is 13.8 Å². The van der Waals surface area contributed by atoms with Crippen LogP contribution in [0.15, 0.2) is 6.20 Å². The van der Waals surface area contributed by atoms with Gasteiger partial charge in [-0.15, -0.1) is 16.7 Å². The van der Waals surface area contributed by atoms with E-state index in [1.54, 1.807) is 13.8 Å². The number of rotatable bonds is 3. The number of aromatic amines is 1. The molecule has 0 spiro atoms. The number of alkyl halides is 1. The number of aromatic nitrogens is 3. The summed E-state index contributed by atoms with van der Waals surface area (Å²) < 4.78 is 0. The highest BCUT2D eigenvalue weighted by Gasteiger charge is 2.26. The first kappa shape index (κ1) is 9.98. The van der Waals surface area contributed by atoms with E-state index in [9.17, 15) is 4.79 Å². The molecule has 1 amide bonds. The minimum absolute atomic E-state index is 0.170. The van der Waals surface area contributed by atoms with E-state index in [1.807, 2.05) is 0 Å². The number of H-pyrrole nitrogens is 1. The minimum atomic E-state index is -0.597. The van der Waals surface area contributed by atoms with Crippen molar-refractivity contribution in [3.63, 3.8) is 0 Å². The molecule has 72 valence electrons. The first-order chi connectivity index (χ1) is 6.06. The number of carbonyl (C=O) groups is 1. The Balaban J connectivity index is 2.61. The molecule has 0 aromatic carbocycles. The van der Waals surface area contributed by atoms with Gasteiger partial charge in [0.15, 0.2) is 5.82 Å². The molecule has 5 nitrogen and oxygen atoms in total. The lowest BCUT2D eigenvalue weighted by molar-refractivity contribution is -0.123. The molecule has 1 aromatic rings. The van der Waals surface area contributed by atoms with Crippen LogP contribution in [0, 0.1) is 5.41 Å². The standard InChI is InChI=1S/C7H11ClN4O/c1-7(2,4-8)6(13)10-5-3-9-12-11-5/h3H,4H2,1-2H3,(H2,9,10,11,12,13). The van der Waals surface area contributed by atoms with Crippen molar-refractivity contribution in [2.45, 2.75) is 13.8 Å². The summed E-state index contributed by atoms with van der Waals surface area (Å²) in [6, 6.07) is 0. The van der Waals surface area contributed by atoms with Gasteiger partial charge in [0.25, 0.3) is 0 Å². The van der Waals surface area contributed by atoms with Crippen molar-refractivity contribution in [1.29, 1.82) is 0 Å². The highest BCUT2D eigenvalue weighted by molar-refractivity contribution is 6.20. The lowest BCUT2D eigenvalue weighted by Gasteiger charge is -2.18. The molecule has 0 unspecified atom stereocenters. The van der Waals surface area contributed by atoms with Gasteiger partial charge in [-0.2, -0.15) is 10.3 Å². The molecule has 0 radical (unpaired) electrons. The topological polar surface area (TPSA) is 70.7 Å². The largest absolute Gasteiger partial charge is 0.307 e. The van der Waals surface area contributed by atoms with Crippen LogP contribution in [0.2, 0.25) is 0 Å². The Hall–Kier alpha value is -1.10. The smallest absolute Gasteiger partial charge is 0.232 e. The Morgan fingerprint density at radius 2 is 2.46 bits per heavy atom. The second-order valence-corrected chi connectivity index (χ2v) is 3.59. The number of carbonyl (C=O) groups excluding carboxylic acids is 1. The van der Waals surface area contributed by atoms with Crippen molar-refractivity contribution in [2.24, 2.45) is 5.41 Å². The van der Waals surface area contributed by atoms with Gasteiger partial charge in [0.2, 0.25) is 5.91 Å². The van der Waals surface area contributed by atoms with Crippen LogP contribution in [0.25, 0.3) is 0 Å². The van der Waals surface area contributed by atoms with E-state index in [0.717, 1.165) is 0 Å². The lowest BCUT2D eigenvalue weighted by atomic mass is 9.95. The summed E-state index contributed by atoms with van der Waals surface area (Å²) in [4.78, 5) is 11.5. The highest BCUT2D eigenvalue weighted by Crippen LogP contribution is 2.18. The van der Waals surface area contributed by atoms with E-state index in [2.05, 4.69) is 20.7 Å². The maximum atomic E-state index is 11.5. The second-order valence-electron chi connectivity index (χ2n) is 3.33. The van der Waals surface area contributed by atoms with Crippen LogP contribution < -0.4 is 5.32 Å². The van der Waals surface area contributed by atoms with Crippen LogP contribution in [0.1, 0.15) is 13.8 Å². The quantitative estimate of drug-likeness (QED) is 0.719. The first-order valence-electron chi connectivity index (χ1n) is 3.79. The van der Waals surface area contributed by atoms with Crippen LogP contribution in [0.3, 0.4) is 0 Å². The SMILES string of the molecule is CC(C)(CCl)C(=O)Nc1cn[nH]n1. The summed E-state index contributed by atoms with van der Waals surface area (Å²) in [6.45, 7) is 3.52. The molecule has 0 fully saturated rings. The van der Waals surface area contributed by atoms with E-state index >= 15 is 0 Å². The van der Waals surface area contributed by atoms with Crippen molar-refractivity contribution < 1.29 is 4.79 Å². The number of nitrogens with zero attached hydrogens (tertiary/aromatic N) is 2. The Bertz CT molecular complexity index is 283. The zero-order valence-electron chi connectivity index (χ0n) is 7.47. The fourth-order valence-corrected chi connectivity index (χ4v) is 0.729. The molecule has 0 saturated carbocycles. The fraction of sp³-hybridized carbons (Fsp3) is 0.571. The van der Waals surface area contributed by atoms with Gasteiger partial charge < -0.3 is 5.32 Å². The molecule has 0 bridgehead atoms. The summed E-state index contributed by atoms with van der Waals surface area (Å²) in [7, 11) is 0. The Morgan fingerprint density at radius 3 is 2.92 bits per heavy atom. The van der Waals surface area contributed by atoms with E-state index in [0.29, 0.717) is 5.82 Å². The van der Waals surface area contributed by atoms with Crippen molar-refractivity contribution in [3.8, 4) is 0 Å². The average Bonchev–Trinajstić information content (AvgIpc) is 2.57. The summed E-state index contributed by atoms with van der Waals surface area (Å²) >= 11 is 5.62. The zero-order chi connectivity index (χ0) is 9.90. The zero-order valence-corrected chi connectivity index (χ0v) is 8.22. The van der Waals surface area contributed by atoms with Crippen LogP contribution in [-0.4, -0.2) is 27.2 Å². The molecule has 0 aliphatic heterocycles. The molecular formula is C7H11ClN4O. The molecule has 6 heteroatoms. The third-order valence-electron chi connectivity index (χ3n) is 1.61. The maximum absolute atomic E-state index is 11.5. The summed E-state index contributed by atoms with van der Waals surface area (Å²) in [5, 5.41) is 12.2. The van der Waals surface area contributed by atoms with E-state index in [1.165, 1.54) is 6.20 Å². The van der Waals surface area contributed by atoms with E-state index in [4.69, 9.17) is 11.6 Å². The molecule has 1 heterocycles. The number of halogens is 1. The Morgan fingerprint density at radius 1 is 1.77 bits per heavy atom. The van der Waals surface area contributed by atoms with Crippen LogP contribution in [-0.2, 0) is 4.79 Å². The van der Waals surface area contributed by atoms with Gasteiger partial charge in [-0.1, -0.05) is 0 Å². The van der Waals surface area contributed by atoms with Gasteiger partial charge in [-0.3, -0.25) is 4.79 Å². The predicted octanol–water partition coefficient (Wildman–Crippen LogP) is 1.01. The lowest BCUT2D eigenvalue weighted by Crippen LogP contribution is -2.32. The second kappa shape index (κ2) is 3.74. The number of hydrogen-bond donors (Lipinski definition) is 2. The molecule has 0 atom stereocenters. The van der Waals surface area contributed by atoms with Crippen LogP contribution in [0.4, 0.5) is 5.82 Å². The molecule has 0 saturated heterocycles. The highest BCUT2D eigenvalue weighted by atomic mass is 35.5. The van der Waals surface area contributed by atoms with Crippen molar-refractivity contribution in [3.05, 3.63) is 6.20 Å². The molecule has 2 N–H and O–H groups in total. The maximum Gasteiger partial charge on any atom is 0.232 e. The van der Waals surface area contributed by atoms with E-state index < -0.39 is 5.41 Å². The normalized spacial score (nSPS) is 11.3. The average molecular weight is 203 g/mol. The molecule has 1 rings (SSSR count). The minimum Gasteiger partial charge on any atom is -0.307 e. The Labute approximate surface area is 80.9 Å². The number of nitrogens with one attached hydrogen (secondary N) is 2. The van der Waals surface area contributed by atoms with Gasteiger partial charge >= 0.3 is 0 Å². The van der Waals surface area contributed by atoms with Crippen LogP contribution in [0.5, 0.6) is 0 Å². The molecule has 0 aliphatic carbocycles. The number of amides is 1. The van der Waals surface area contributed by atoms with Gasteiger partial charge in [0.05, 0.1) is 11.6 Å².